The highest BCUT2D eigenvalue weighted by molar-refractivity contribution is 5.94. The number of benzene rings is 3. The highest BCUT2D eigenvalue weighted by Crippen LogP contribution is 2.22. The van der Waals surface area contributed by atoms with Gasteiger partial charge in [0.1, 0.15) is 0 Å². The molecular formula is C25H21N3O2. The zero-order valence-corrected chi connectivity index (χ0v) is 16.5. The number of nitrogens with one attached hydrogen (secondary N) is 1. The summed E-state index contributed by atoms with van der Waals surface area (Å²) in [6.07, 6.45) is 1.43. The second-order valence-corrected chi connectivity index (χ2v) is 7.67. The molecule has 0 bridgehead atoms. The van der Waals surface area contributed by atoms with Crippen LogP contribution in [0.1, 0.15) is 32.7 Å². The predicted molar refractivity (Wildman–Crippen MR) is 116 cm³/mol. The van der Waals surface area contributed by atoms with Gasteiger partial charge in [0.05, 0.1) is 11.1 Å². The van der Waals surface area contributed by atoms with Gasteiger partial charge in [-0.1, -0.05) is 54.6 Å². The highest BCUT2D eigenvalue weighted by Gasteiger charge is 2.21. The molecule has 148 valence electrons. The molecule has 0 spiro atoms. The number of nitrogens with zero attached hydrogens (tertiary/aromatic N) is 2. The van der Waals surface area contributed by atoms with Crippen molar-refractivity contribution in [2.45, 2.75) is 19.4 Å². The Morgan fingerprint density at radius 2 is 1.70 bits per heavy atom. The van der Waals surface area contributed by atoms with Crippen molar-refractivity contribution in [3.8, 4) is 0 Å². The summed E-state index contributed by atoms with van der Waals surface area (Å²) < 4.78 is 0. The average Bonchev–Trinajstić information content (AvgIpc) is 2.80. The van der Waals surface area contributed by atoms with Gasteiger partial charge in [0.15, 0.2) is 0 Å². The Morgan fingerprint density at radius 1 is 0.933 bits per heavy atom. The predicted octanol–water partition coefficient (Wildman–Crippen LogP) is 3.71. The van der Waals surface area contributed by atoms with E-state index < -0.39 is 0 Å². The molecule has 0 atom stereocenters. The van der Waals surface area contributed by atoms with Gasteiger partial charge >= 0.3 is 0 Å². The van der Waals surface area contributed by atoms with E-state index in [0.29, 0.717) is 23.9 Å². The molecule has 0 aliphatic carbocycles. The summed E-state index contributed by atoms with van der Waals surface area (Å²) >= 11 is 0. The summed E-state index contributed by atoms with van der Waals surface area (Å²) in [5.41, 5.74) is 4.82. The van der Waals surface area contributed by atoms with Crippen LogP contribution in [-0.4, -0.2) is 27.5 Å². The molecule has 4 aromatic rings. The summed E-state index contributed by atoms with van der Waals surface area (Å²) in [6, 6.07) is 23.5. The molecule has 0 unspecified atom stereocenters. The molecule has 5 rings (SSSR count). The van der Waals surface area contributed by atoms with E-state index in [4.69, 9.17) is 0 Å². The molecule has 2 heterocycles. The summed E-state index contributed by atoms with van der Waals surface area (Å²) in [5.74, 6) is 0.0469. The van der Waals surface area contributed by atoms with Crippen LogP contribution < -0.4 is 5.56 Å². The normalized spacial score (nSPS) is 13.3. The highest BCUT2D eigenvalue weighted by atomic mass is 16.2. The van der Waals surface area contributed by atoms with E-state index in [9.17, 15) is 9.59 Å². The molecule has 5 heteroatoms. The molecule has 0 fully saturated rings. The molecule has 0 radical (unpaired) electrons. The Bertz CT molecular complexity index is 1310. The Labute approximate surface area is 174 Å². The van der Waals surface area contributed by atoms with Crippen LogP contribution in [0.15, 0.2) is 77.6 Å². The molecule has 30 heavy (non-hydrogen) atoms. The third-order valence-corrected chi connectivity index (χ3v) is 5.74. The quantitative estimate of drug-likeness (QED) is 0.575. The monoisotopic (exact) mass is 395 g/mol. The van der Waals surface area contributed by atoms with Gasteiger partial charge in [-0.3, -0.25) is 9.59 Å². The van der Waals surface area contributed by atoms with Crippen LogP contribution in [0.4, 0.5) is 0 Å². The third-order valence-electron chi connectivity index (χ3n) is 5.74. The van der Waals surface area contributed by atoms with Crippen LogP contribution in [0.3, 0.4) is 0 Å². The van der Waals surface area contributed by atoms with Crippen molar-refractivity contribution in [1.82, 2.24) is 15.1 Å². The third kappa shape index (κ3) is 3.39. The van der Waals surface area contributed by atoms with Crippen molar-refractivity contribution in [1.29, 1.82) is 0 Å². The van der Waals surface area contributed by atoms with E-state index in [1.165, 1.54) is 11.1 Å². The first-order valence-electron chi connectivity index (χ1n) is 10.1. The van der Waals surface area contributed by atoms with E-state index in [-0.39, 0.29) is 11.5 Å². The zero-order valence-electron chi connectivity index (χ0n) is 16.5. The van der Waals surface area contributed by atoms with Gasteiger partial charge < -0.3 is 4.90 Å². The molecule has 1 amide bonds. The van der Waals surface area contributed by atoms with E-state index in [0.717, 1.165) is 29.6 Å². The van der Waals surface area contributed by atoms with Gasteiger partial charge in [-0.05, 0) is 41.3 Å². The summed E-state index contributed by atoms with van der Waals surface area (Å²) in [4.78, 5) is 27.1. The number of hydrogen-bond acceptors (Lipinski definition) is 3. The molecular weight excluding hydrogens is 374 g/mol. The van der Waals surface area contributed by atoms with E-state index in [2.05, 4.69) is 22.3 Å². The van der Waals surface area contributed by atoms with Crippen molar-refractivity contribution in [2.24, 2.45) is 0 Å². The van der Waals surface area contributed by atoms with Crippen LogP contribution in [0.2, 0.25) is 0 Å². The number of aromatic nitrogens is 2. The first-order valence-corrected chi connectivity index (χ1v) is 10.1. The van der Waals surface area contributed by atoms with E-state index >= 15 is 0 Å². The minimum atomic E-state index is -0.191. The standard InChI is InChI=1S/C25H21N3O2/c29-24-22-11-4-3-10-21(22)23(26-27-24)15-17-6-5-9-19(14-17)25(30)28-13-12-18-7-1-2-8-20(18)16-28/h1-11,14H,12-13,15-16H2,(H,27,29). The van der Waals surface area contributed by atoms with Crippen LogP contribution in [0.5, 0.6) is 0 Å². The molecule has 0 saturated heterocycles. The molecule has 5 nitrogen and oxygen atoms in total. The Balaban J connectivity index is 1.41. The van der Waals surface area contributed by atoms with Crippen molar-refractivity contribution in [3.05, 3.63) is 111 Å². The lowest BCUT2D eigenvalue weighted by Gasteiger charge is -2.29. The number of carbonyl (C=O) groups excluding carboxylic acids is 1. The minimum Gasteiger partial charge on any atom is -0.334 e. The Morgan fingerprint density at radius 3 is 2.57 bits per heavy atom. The van der Waals surface area contributed by atoms with Crippen LogP contribution in [0.25, 0.3) is 10.8 Å². The molecule has 3 aromatic carbocycles. The molecule has 1 N–H and O–H groups in total. The maximum absolute atomic E-state index is 13.1. The SMILES string of the molecule is O=C(c1cccc(Cc2n[nH]c(=O)c3ccccc23)c1)N1CCc2ccccc2C1. The van der Waals surface area contributed by atoms with Crippen molar-refractivity contribution >= 4 is 16.7 Å². The van der Waals surface area contributed by atoms with Gasteiger partial charge in [0.2, 0.25) is 0 Å². The van der Waals surface area contributed by atoms with E-state index in [1.54, 1.807) is 6.07 Å². The lowest BCUT2D eigenvalue weighted by molar-refractivity contribution is 0.0734. The van der Waals surface area contributed by atoms with Gasteiger partial charge in [-0.25, -0.2) is 5.10 Å². The summed E-state index contributed by atoms with van der Waals surface area (Å²) in [6.45, 7) is 1.37. The smallest absolute Gasteiger partial charge is 0.272 e. The number of hydrogen-bond donors (Lipinski definition) is 1. The largest absolute Gasteiger partial charge is 0.334 e. The van der Waals surface area contributed by atoms with Gasteiger partial charge in [0.25, 0.3) is 11.5 Å². The Hall–Kier alpha value is -3.73. The Kier molecular flexibility index (Phi) is 4.64. The molecule has 1 aliphatic heterocycles. The fourth-order valence-electron chi connectivity index (χ4n) is 4.17. The number of carbonyl (C=O) groups is 1. The topological polar surface area (TPSA) is 66.1 Å². The lowest BCUT2D eigenvalue weighted by Crippen LogP contribution is -2.35. The maximum Gasteiger partial charge on any atom is 0.272 e. The second-order valence-electron chi connectivity index (χ2n) is 7.67. The van der Waals surface area contributed by atoms with E-state index in [1.807, 2.05) is 59.5 Å². The molecule has 1 aromatic heterocycles. The fourth-order valence-corrected chi connectivity index (χ4v) is 4.17. The molecule has 1 aliphatic rings. The molecule has 0 saturated carbocycles. The van der Waals surface area contributed by atoms with Crippen LogP contribution in [0, 0.1) is 0 Å². The number of H-pyrrole nitrogens is 1. The average molecular weight is 395 g/mol. The number of aromatic amines is 1. The van der Waals surface area contributed by atoms with Crippen LogP contribution >= 0.6 is 0 Å². The zero-order chi connectivity index (χ0) is 20.5. The van der Waals surface area contributed by atoms with Gasteiger partial charge in [-0.15, -0.1) is 0 Å². The summed E-state index contributed by atoms with van der Waals surface area (Å²) in [5, 5.41) is 8.30. The lowest BCUT2D eigenvalue weighted by atomic mass is 9.98. The van der Waals surface area contributed by atoms with Crippen LogP contribution in [-0.2, 0) is 19.4 Å². The van der Waals surface area contributed by atoms with Gasteiger partial charge in [0, 0.05) is 30.5 Å². The maximum atomic E-state index is 13.1. The number of fused-ring (bicyclic) bond motifs is 2. The first-order chi connectivity index (χ1) is 14.7. The van der Waals surface area contributed by atoms with Crippen molar-refractivity contribution in [3.63, 3.8) is 0 Å². The summed E-state index contributed by atoms with van der Waals surface area (Å²) in [7, 11) is 0. The minimum absolute atomic E-state index is 0.0469. The number of amides is 1. The number of rotatable bonds is 3. The first kappa shape index (κ1) is 18.3. The van der Waals surface area contributed by atoms with Crippen molar-refractivity contribution in [2.75, 3.05) is 6.54 Å². The van der Waals surface area contributed by atoms with Crippen molar-refractivity contribution < 1.29 is 4.79 Å². The second kappa shape index (κ2) is 7.59. The fraction of sp³-hybridized carbons (Fsp3) is 0.160. The van der Waals surface area contributed by atoms with Gasteiger partial charge in [-0.2, -0.15) is 5.10 Å².